The first-order valence-electron chi connectivity index (χ1n) is 5.05. The third kappa shape index (κ3) is 4.67. The van der Waals surface area contributed by atoms with Crippen LogP contribution in [0.5, 0.6) is 5.75 Å². The third-order valence-electron chi connectivity index (χ3n) is 1.99. The van der Waals surface area contributed by atoms with Crippen LogP contribution in [0.15, 0.2) is 24.3 Å². The quantitative estimate of drug-likeness (QED) is 0.799. The molecule has 94 valence electrons. The van der Waals surface area contributed by atoms with Gasteiger partial charge in [-0.15, -0.1) is 0 Å². The van der Waals surface area contributed by atoms with Crippen LogP contribution in [0.2, 0.25) is 0 Å². The van der Waals surface area contributed by atoms with Crippen LogP contribution < -0.4 is 15.8 Å². The van der Waals surface area contributed by atoms with Gasteiger partial charge in [-0.2, -0.15) is 0 Å². The topological polar surface area (TPSA) is 64.3 Å². The number of hydrogen-bond donors (Lipinski definition) is 2. The zero-order valence-corrected chi connectivity index (χ0v) is 9.32. The number of amides is 1. The molecule has 1 aromatic rings. The van der Waals surface area contributed by atoms with Crippen molar-refractivity contribution in [2.24, 2.45) is 5.73 Å². The standard InChI is InChI=1S/C11H14F2N2O2/c1-7(11(12)13)15-8-3-2-4-9(5-8)17-6-10(14)16/h2-5,7,11,15H,6H2,1H3,(H2,14,16). The predicted octanol–water partition coefficient (Wildman–Crippen LogP) is 1.62. The molecule has 0 heterocycles. The number of alkyl halides is 2. The number of anilines is 1. The van der Waals surface area contributed by atoms with Crippen LogP contribution in [-0.2, 0) is 4.79 Å². The summed E-state index contributed by atoms with van der Waals surface area (Å²) in [6.07, 6.45) is -2.45. The number of carbonyl (C=O) groups excluding carboxylic acids is 1. The molecule has 0 aliphatic heterocycles. The van der Waals surface area contributed by atoms with Crippen molar-refractivity contribution in [3.8, 4) is 5.75 Å². The van der Waals surface area contributed by atoms with Gasteiger partial charge in [-0.05, 0) is 19.1 Å². The van der Waals surface area contributed by atoms with Crippen LogP contribution in [0.25, 0.3) is 0 Å². The number of benzene rings is 1. The second-order valence-corrected chi connectivity index (χ2v) is 3.55. The summed E-state index contributed by atoms with van der Waals surface area (Å²) in [6.45, 7) is 1.13. The number of nitrogens with two attached hydrogens (primary N) is 1. The van der Waals surface area contributed by atoms with E-state index in [4.69, 9.17) is 10.5 Å². The number of ether oxygens (including phenoxy) is 1. The Morgan fingerprint density at radius 1 is 1.53 bits per heavy atom. The van der Waals surface area contributed by atoms with Gasteiger partial charge >= 0.3 is 0 Å². The average Bonchev–Trinajstić information content (AvgIpc) is 2.26. The van der Waals surface area contributed by atoms with Gasteiger partial charge in [0, 0.05) is 11.8 Å². The minimum absolute atomic E-state index is 0.242. The van der Waals surface area contributed by atoms with Crippen molar-refractivity contribution >= 4 is 11.6 Å². The highest BCUT2D eigenvalue weighted by Crippen LogP contribution is 2.19. The van der Waals surface area contributed by atoms with Crippen molar-refractivity contribution in [1.82, 2.24) is 0 Å². The first kappa shape index (κ1) is 13.2. The average molecular weight is 244 g/mol. The molecular formula is C11H14F2N2O2. The summed E-state index contributed by atoms with van der Waals surface area (Å²) in [5, 5.41) is 2.62. The van der Waals surface area contributed by atoms with Gasteiger partial charge in [-0.1, -0.05) is 6.07 Å². The molecule has 3 N–H and O–H groups in total. The third-order valence-corrected chi connectivity index (χ3v) is 1.99. The Morgan fingerprint density at radius 2 is 2.24 bits per heavy atom. The molecule has 1 amide bonds. The van der Waals surface area contributed by atoms with Gasteiger partial charge in [-0.3, -0.25) is 4.79 Å². The van der Waals surface area contributed by atoms with E-state index in [9.17, 15) is 13.6 Å². The minimum Gasteiger partial charge on any atom is -0.484 e. The van der Waals surface area contributed by atoms with Gasteiger partial charge in [-0.25, -0.2) is 8.78 Å². The summed E-state index contributed by atoms with van der Waals surface area (Å²) in [7, 11) is 0. The number of hydrogen-bond acceptors (Lipinski definition) is 3. The SMILES string of the molecule is CC(Nc1cccc(OCC(N)=O)c1)C(F)F. The molecule has 17 heavy (non-hydrogen) atoms. The maximum atomic E-state index is 12.3. The van der Waals surface area contributed by atoms with E-state index in [1.54, 1.807) is 18.2 Å². The van der Waals surface area contributed by atoms with Crippen LogP contribution in [0.1, 0.15) is 6.92 Å². The number of halogens is 2. The lowest BCUT2D eigenvalue weighted by atomic mass is 10.2. The Labute approximate surface area is 97.8 Å². The Balaban J connectivity index is 2.62. The van der Waals surface area contributed by atoms with Crippen molar-refractivity contribution in [1.29, 1.82) is 0 Å². The smallest absolute Gasteiger partial charge is 0.258 e. The van der Waals surface area contributed by atoms with Gasteiger partial charge in [0.15, 0.2) is 6.61 Å². The van der Waals surface area contributed by atoms with Crippen molar-refractivity contribution in [3.05, 3.63) is 24.3 Å². The molecule has 0 bridgehead atoms. The summed E-state index contributed by atoms with van der Waals surface area (Å²) < 4.78 is 29.7. The van der Waals surface area contributed by atoms with Gasteiger partial charge in [0.25, 0.3) is 12.3 Å². The zero-order chi connectivity index (χ0) is 12.8. The van der Waals surface area contributed by atoms with Crippen molar-refractivity contribution in [2.45, 2.75) is 19.4 Å². The molecule has 1 aromatic carbocycles. The first-order valence-corrected chi connectivity index (χ1v) is 5.05. The van der Waals surface area contributed by atoms with Gasteiger partial charge in [0.05, 0.1) is 6.04 Å². The number of rotatable bonds is 6. The Bertz CT molecular complexity index is 385. The molecular weight excluding hydrogens is 230 g/mol. The van der Waals surface area contributed by atoms with E-state index in [2.05, 4.69) is 5.32 Å². The Morgan fingerprint density at radius 3 is 2.82 bits per heavy atom. The van der Waals surface area contributed by atoms with Crippen molar-refractivity contribution < 1.29 is 18.3 Å². The summed E-state index contributed by atoms with van der Waals surface area (Å²) in [6, 6.07) is 5.46. The normalized spacial score (nSPS) is 12.2. The molecule has 0 radical (unpaired) electrons. The molecule has 4 nitrogen and oxygen atoms in total. The summed E-state index contributed by atoms with van der Waals surface area (Å²) in [5.41, 5.74) is 5.42. The molecule has 0 fully saturated rings. The van der Waals surface area contributed by atoms with Crippen molar-refractivity contribution in [3.63, 3.8) is 0 Å². The van der Waals surface area contributed by atoms with Crippen LogP contribution in [0.4, 0.5) is 14.5 Å². The van der Waals surface area contributed by atoms with E-state index in [0.717, 1.165) is 0 Å². The van der Waals surface area contributed by atoms with Gasteiger partial charge in [0.1, 0.15) is 5.75 Å². The lowest BCUT2D eigenvalue weighted by Gasteiger charge is -2.14. The number of primary amides is 1. The predicted molar refractivity (Wildman–Crippen MR) is 60.2 cm³/mol. The summed E-state index contributed by atoms with van der Waals surface area (Å²) in [4.78, 5) is 10.5. The maximum absolute atomic E-state index is 12.3. The minimum atomic E-state index is -2.45. The monoisotopic (exact) mass is 244 g/mol. The lowest BCUT2D eigenvalue weighted by molar-refractivity contribution is -0.119. The fourth-order valence-electron chi connectivity index (χ4n) is 1.16. The van der Waals surface area contributed by atoms with Gasteiger partial charge < -0.3 is 15.8 Å². The molecule has 1 rings (SSSR count). The van der Waals surface area contributed by atoms with Crippen LogP contribution in [-0.4, -0.2) is 25.0 Å². The number of nitrogens with one attached hydrogen (secondary N) is 1. The number of carbonyl (C=O) groups is 1. The fourth-order valence-corrected chi connectivity index (χ4v) is 1.16. The van der Waals surface area contributed by atoms with Crippen LogP contribution in [0.3, 0.4) is 0 Å². The highest BCUT2D eigenvalue weighted by atomic mass is 19.3. The summed E-state index contributed by atoms with van der Waals surface area (Å²) in [5.74, 6) is -0.195. The molecule has 0 aliphatic rings. The molecule has 1 atom stereocenters. The van der Waals surface area contributed by atoms with Gasteiger partial charge in [0.2, 0.25) is 0 Å². The fraction of sp³-hybridized carbons (Fsp3) is 0.364. The molecule has 0 saturated carbocycles. The van der Waals surface area contributed by atoms with E-state index >= 15 is 0 Å². The van der Waals surface area contributed by atoms with Crippen LogP contribution >= 0.6 is 0 Å². The molecule has 0 aliphatic carbocycles. The van der Waals surface area contributed by atoms with E-state index < -0.39 is 18.4 Å². The van der Waals surface area contributed by atoms with Crippen molar-refractivity contribution in [2.75, 3.05) is 11.9 Å². The molecule has 6 heteroatoms. The molecule has 0 aromatic heterocycles. The van der Waals surface area contributed by atoms with E-state index in [-0.39, 0.29) is 6.61 Å². The summed E-state index contributed by atoms with van der Waals surface area (Å²) >= 11 is 0. The molecule has 1 unspecified atom stereocenters. The highest BCUT2D eigenvalue weighted by Gasteiger charge is 2.13. The van der Waals surface area contributed by atoms with E-state index in [1.807, 2.05) is 0 Å². The molecule has 0 spiro atoms. The second-order valence-electron chi connectivity index (χ2n) is 3.55. The maximum Gasteiger partial charge on any atom is 0.258 e. The first-order chi connectivity index (χ1) is 7.99. The van der Waals surface area contributed by atoms with Crippen LogP contribution in [0, 0.1) is 0 Å². The Kier molecular flexibility index (Phi) is 4.68. The lowest BCUT2D eigenvalue weighted by Crippen LogP contribution is -2.23. The zero-order valence-electron chi connectivity index (χ0n) is 9.32. The highest BCUT2D eigenvalue weighted by molar-refractivity contribution is 5.75. The van der Waals surface area contributed by atoms with E-state index in [0.29, 0.717) is 11.4 Å². The second kappa shape index (κ2) is 6.03. The van der Waals surface area contributed by atoms with E-state index in [1.165, 1.54) is 13.0 Å². The molecule has 0 saturated heterocycles. The Hall–Kier alpha value is -1.85. The largest absolute Gasteiger partial charge is 0.484 e.